The predicted molar refractivity (Wildman–Crippen MR) is 80.7 cm³/mol. The number of nitrogens with one attached hydrogen (secondary N) is 1. The highest BCUT2D eigenvalue weighted by Crippen LogP contribution is 2.15. The molecular formula is C14H26N6. The lowest BCUT2D eigenvalue weighted by molar-refractivity contribution is 0.597. The maximum atomic E-state index is 5.77. The Labute approximate surface area is 120 Å². The largest absolute Gasteiger partial charge is 0.370 e. The van der Waals surface area contributed by atoms with Gasteiger partial charge in [0, 0.05) is 32.0 Å². The number of aromatic nitrogens is 3. The number of rotatable bonds is 5. The van der Waals surface area contributed by atoms with Crippen molar-refractivity contribution in [2.24, 2.45) is 10.7 Å². The average molecular weight is 278 g/mol. The van der Waals surface area contributed by atoms with Gasteiger partial charge < -0.3 is 15.6 Å². The molecule has 6 nitrogen and oxygen atoms in total. The van der Waals surface area contributed by atoms with Gasteiger partial charge in [0.1, 0.15) is 11.6 Å². The average Bonchev–Trinajstić information content (AvgIpc) is 2.62. The summed E-state index contributed by atoms with van der Waals surface area (Å²) in [7, 11) is 0. The molecular weight excluding hydrogens is 252 g/mol. The zero-order valence-electron chi connectivity index (χ0n) is 12.6. The lowest BCUT2D eigenvalue weighted by Crippen LogP contribution is -2.36. The van der Waals surface area contributed by atoms with E-state index in [1.165, 1.54) is 19.3 Å². The Morgan fingerprint density at radius 1 is 1.35 bits per heavy atom. The van der Waals surface area contributed by atoms with E-state index in [1.54, 1.807) is 0 Å². The summed E-state index contributed by atoms with van der Waals surface area (Å²) in [5.74, 6) is 2.79. The van der Waals surface area contributed by atoms with Crippen LogP contribution in [0.25, 0.3) is 0 Å². The van der Waals surface area contributed by atoms with Crippen LogP contribution in [0.1, 0.15) is 51.2 Å². The van der Waals surface area contributed by atoms with Gasteiger partial charge in [0.2, 0.25) is 0 Å². The van der Waals surface area contributed by atoms with Crippen LogP contribution in [0.15, 0.2) is 4.99 Å². The van der Waals surface area contributed by atoms with Gasteiger partial charge in [-0.1, -0.05) is 6.42 Å². The molecule has 2 rings (SSSR count). The number of fused-ring (bicyclic) bond motifs is 1. The molecule has 0 fully saturated rings. The van der Waals surface area contributed by atoms with E-state index < -0.39 is 0 Å². The molecule has 6 heteroatoms. The quantitative estimate of drug-likeness (QED) is 0.482. The summed E-state index contributed by atoms with van der Waals surface area (Å²) in [5.41, 5.74) is 5.77. The van der Waals surface area contributed by atoms with Crippen LogP contribution in [0.5, 0.6) is 0 Å². The van der Waals surface area contributed by atoms with Crippen molar-refractivity contribution in [3.05, 3.63) is 11.6 Å². The Morgan fingerprint density at radius 2 is 2.20 bits per heavy atom. The molecule has 3 N–H and O–H groups in total. The lowest BCUT2D eigenvalue weighted by Gasteiger charge is -2.08. The topological polar surface area (TPSA) is 81.1 Å². The van der Waals surface area contributed by atoms with Crippen LogP contribution in [0, 0.1) is 0 Å². The zero-order chi connectivity index (χ0) is 14.4. The zero-order valence-corrected chi connectivity index (χ0v) is 12.6. The highest BCUT2D eigenvalue weighted by molar-refractivity contribution is 5.77. The second-order valence-electron chi connectivity index (χ2n) is 5.66. The molecule has 1 aromatic heterocycles. The normalized spacial score (nSPS) is 16.1. The highest BCUT2D eigenvalue weighted by atomic mass is 15.3. The van der Waals surface area contributed by atoms with Gasteiger partial charge in [0.05, 0.1) is 0 Å². The highest BCUT2D eigenvalue weighted by Gasteiger charge is 2.13. The van der Waals surface area contributed by atoms with Crippen molar-refractivity contribution in [2.75, 3.05) is 6.54 Å². The Balaban J connectivity index is 1.81. The SMILES string of the molecule is CC(C)NC(N)=NCCCc1nnc2n1CCCCC2. The van der Waals surface area contributed by atoms with E-state index >= 15 is 0 Å². The minimum absolute atomic E-state index is 0.325. The maximum Gasteiger partial charge on any atom is 0.188 e. The molecule has 0 amide bonds. The second kappa shape index (κ2) is 7.26. The van der Waals surface area contributed by atoms with Crippen molar-refractivity contribution in [3.8, 4) is 0 Å². The molecule has 0 bridgehead atoms. The molecule has 0 atom stereocenters. The third-order valence-corrected chi connectivity index (χ3v) is 3.46. The van der Waals surface area contributed by atoms with E-state index in [-0.39, 0.29) is 0 Å². The van der Waals surface area contributed by atoms with Gasteiger partial charge in [-0.15, -0.1) is 10.2 Å². The number of nitrogens with zero attached hydrogens (tertiary/aromatic N) is 4. The second-order valence-corrected chi connectivity index (χ2v) is 5.66. The van der Waals surface area contributed by atoms with Gasteiger partial charge >= 0.3 is 0 Å². The number of guanidine groups is 1. The van der Waals surface area contributed by atoms with Crippen LogP contribution < -0.4 is 11.1 Å². The van der Waals surface area contributed by atoms with Crippen molar-refractivity contribution in [1.29, 1.82) is 0 Å². The summed E-state index contributed by atoms with van der Waals surface area (Å²) in [6, 6.07) is 0.325. The number of hydrogen-bond donors (Lipinski definition) is 2. The number of aliphatic imine (C=N–C) groups is 1. The summed E-state index contributed by atoms with van der Waals surface area (Å²) >= 11 is 0. The Hall–Kier alpha value is -1.59. The monoisotopic (exact) mass is 278 g/mol. The first kappa shape index (κ1) is 14.8. The van der Waals surface area contributed by atoms with E-state index in [0.717, 1.165) is 44.0 Å². The van der Waals surface area contributed by atoms with Crippen LogP contribution in [0.4, 0.5) is 0 Å². The van der Waals surface area contributed by atoms with Gasteiger partial charge in [-0.25, -0.2) is 0 Å². The number of aryl methyl sites for hydroxylation is 2. The van der Waals surface area contributed by atoms with Gasteiger partial charge in [-0.3, -0.25) is 4.99 Å². The fraction of sp³-hybridized carbons (Fsp3) is 0.786. The molecule has 20 heavy (non-hydrogen) atoms. The van der Waals surface area contributed by atoms with Crippen molar-refractivity contribution < 1.29 is 0 Å². The van der Waals surface area contributed by atoms with Crippen LogP contribution in [-0.2, 0) is 19.4 Å². The van der Waals surface area contributed by atoms with Crippen LogP contribution in [0.3, 0.4) is 0 Å². The first-order valence-corrected chi connectivity index (χ1v) is 7.64. The molecule has 1 aliphatic heterocycles. The maximum absolute atomic E-state index is 5.77. The van der Waals surface area contributed by atoms with Crippen LogP contribution in [0.2, 0.25) is 0 Å². The van der Waals surface area contributed by atoms with Gasteiger partial charge in [-0.2, -0.15) is 0 Å². The number of hydrogen-bond acceptors (Lipinski definition) is 3. The van der Waals surface area contributed by atoms with E-state index in [9.17, 15) is 0 Å². The summed E-state index contributed by atoms with van der Waals surface area (Å²) in [5, 5.41) is 11.7. The molecule has 0 aliphatic carbocycles. The van der Waals surface area contributed by atoms with Crippen molar-refractivity contribution in [2.45, 2.75) is 65.0 Å². The fourth-order valence-corrected chi connectivity index (χ4v) is 2.51. The molecule has 2 heterocycles. The van der Waals surface area contributed by atoms with E-state index in [2.05, 4.69) is 25.1 Å². The molecule has 1 aliphatic rings. The minimum atomic E-state index is 0.325. The smallest absolute Gasteiger partial charge is 0.188 e. The van der Waals surface area contributed by atoms with E-state index in [0.29, 0.717) is 12.0 Å². The van der Waals surface area contributed by atoms with Crippen molar-refractivity contribution >= 4 is 5.96 Å². The predicted octanol–water partition coefficient (Wildman–Crippen LogP) is 1.25. The molecule has 0 saturated carbocycles. The summed E-state index contributed by atoms with van der Waals surface area (Å²) < 4.78 is 2.30. The van der Waals surface area contributed by atoms with Gasteiger partial charge in [0.15, 0.2) is 5.96 Å². The summed E-state index contributed by atoms with van der Waals surface area (Å²) in [4.78, 5) is 4.32. The molecule has 0 unspecified atom stereocenters. The summed E-state index contributed by atoms with van der Waals surface area (Å²) in [6.45, 7) is 5.90. The molecule has 0 aromatic carbocycles. The Morgan fingerprint density at radius 3 is 3.00 bits per heavy atom. The first-order chi connectivity index (χ1) is 9.66. The Bertz CT molecular complexity index is 449. The Kier molecular flexibility index (Phi) is 5.38. The van der Waals surface area contributed by atoms with Gasteiger partial charge in [0.25, 0.3) is 0 Å². The minimum Gasteiger partial charge on any atom is -0.370 e. The van der Waals surface area contributed by atoms with Crippen LogP contribution >= 0.6 is 0 Å². The molecule has 0 spiro atoms. The van der Waals surface area contributed by atoms with Crippen molar-refractivity contribution in [1.82, 2.24) is 20.1 Å². The lowest BCUT2D eigenvalue weighted by atomic mass is 10.2. The molecule has 1 aromatic rings. The standard InChI is InChI=1S/C14H26N6/c1-11(2)17-14(15)16-9-6-8-13-19-18-12-7-4-3-5-10-20(12)13/h11H,3-10H2,1-2H3,(H3,15,16,17). The van der Waals surface area contributed by atoms with Crippen molar-refractivity contribution in [3.63, 3.8) is 0 Å². The van der Waals surface area contributed by atoms with E-state index in [4.69, 9.17) is 5.73 Å². The molecule has 0 radical (unpaired) electrons. The third-order valence-electron chi connectivity index (χ3n) is 3.46. The third kappa shape index (κ3) is 4.21. The summed E-state index contributed by atoms with van der Waals surface area (Å²) in [6.07, 6.45) is 6.71. The molecule has 112 valence electrons. The first-order valence-electron chi connectivity index (χ1n) is 7.64. The fourth-order valence-electron chi connectivity index (χ4n) is 2.51. The van der Waals surface area contributed by atoms with Crippen LogP contribution in [-0.4, -0.2) is 33.3 Å². The molecule has 0 saturated heterocycles. The van der Waals surface area contributed by atoms with E-state index in [1.807, 2.05) is 13.8 Å². The number of nitrogens with two attached hydrogens (primary N) is 1. The van der Waals surface area contributed by atoms with Gasteiger partial charge in [-0.05, 0) is 33.1 Å².